The summed E-state index contributed by atoms with van der Waals surface area (Å²) in [7, 11) is -2.48. The summed E-state index contributed by atoms with van der Waals surface area (Å²) in [6.07, 6.45) is 0. The van der Waals surface area contributed by atoms with Crippen LogP contribution in [0.3, 0.4) is 0 Å². The number of hydrogen-bond donors (Lipinski definition) is 2. The minimum absolute atomic E-state index is 0.0451. The number of methoxy groups -OCH3 is 1. The molecule has 3 aromatic rings. The Morgan fingerprint density at radius 3 is 2.48 bits per heavy atom. The summed E-state index contributed by atoms with van der Waals surface area (Å²) < 4.78 is 46.8. The van der Waals surface area contributed by atoms with Crippen LogP contribution in [0.25, 0.3) is 0 Å². The minimum atomic E-state index is -3.92. The van der Waals surface area contributed by atoms with E-state index in [1.807, 2.05) is 0 Å². The minimum Gasteiger partial charge on any atom is -0.495 e. The second-order valence-electron chi connectivity index (χ2n) is 6.25. The second kappa shape index (κ2) is 8.32. The van der Waals surface area contributed by atoms with Crippen molar-refractivity contribution in [2.24, 2.45) is 0 Å². The number of rotatable bonds is 6. The van der Waals surface area contributed by atoms with E-state index in [0.717, 1.165) is 6.07 Å². The predicted octanol–water partition coefficient (Wildman–Crippen LogP) is 4.20. The third kappa shape index (κ3) is 4.72. The van der Waals surface area contributed by atoms with Gasteiger partial charge in [-0.05, 0) is 55.0 Å². The van der Waals surface area contributed by atoms with Crippen molar-refractivity contribution in [2.45, 2.75) is 11.8 Å². The molecule has 0 aromatic heterocycles. The number of benzene rings is 3. The zero-order valence-electron chi connectivity index (χ0n) is 15.8. The summed E-state index contributed by atoms with van der Waals surface area (Å²) in [5.41, 5.74) is 1.11. The van der Waals surface area contributed by atoms with Crippen molar-refractivity contribution >= 4 is 27.3 Å². The maximum atomic E-state index is 13.7. The molecule has 29 heavy (non-hydrogen) atoms. The monoisotopic (exact) mass is 414 g/mol. The molecule has 0 bridgehead atoms. The maximum absolute atomic E-state index is 13.7. The van der Waals surface area contributed by atoms with E-state index in [1.54, 1.807) is 37.3 Å². The van der Waals surface area contributed by atoms with Gasteiger partial charge in [0, 0.05) is 11.3 Å². The number of para-hydroxylation sites is 2. The Bertz CT molecular complexity index is 1160. The molecular formula is C21H19FN2O4S. The SMILES string of the molecule is COc1ccccc1NS(=O)(=O)c1cccc(NC(=O)c2ccc(C)c(F)c2)c1. The van der Waals surface area contributed by atoms with Gasteiger partial charge in [0.2, 0.25) is 0 Å². The van der Waals surface area contributed by atoms with Crippen LogP contribution in [0, 0.1) is 12.7 Å². The molecule has 0 radical (unpaired) electrons. The smallest absolute Gasteiger partial charge is 0.262 e. The van der Waals surface area contributed by atoms with Crippen molar-refractivity contribution < 1.29 is 22.3 Å². The van der Waals surface area contributed by atoms with Gasteiger partial charge < -0.3 is 10.1 Å². The van der Waals surface area contributed by atoms with Crippen LogP contribution in [-0.2, 0) is 10.0 Å². The Morgan fingerprint density at radius 1 is 1.00 bits per heavy atom. The first kappa shape index (κ1) is 20.3. The number of aryl methyl sites for hydroxylation is 1. The molecule has 0 heterocycles. The number of ether oxygens (including phenoxy) is 1. The number of hydrogen-bond acceptors (Lipinski definition) is 4. The van der Waals surface area contributed by atoms with Gasteiger partial charge in [0.25, 0.3) is 15.9 Å². The van der Waals surface area contributed by atoms with Gasteiger partial charge in [-0.1, -0.05) is 24.3 Å². The fourth-order valence-corrected chi connectivity index (χ4v) is 3.73. The highest BCUT2D eigenvalue weighted by Crippen LogP contribution is 2.27. The van der Waals surface area contributed by atoms with Crippen LogP contribution in [-0.4, -0.2) is 21.4 Å². The van der Waals surface area contributed by atoms with Gasteiger partial charge in [-0.2, -0.15) is 0 Å². The molecule has 0 aliphatic carbocycles. The highest BCUT2D eigenvalue weighted by atomic mass is 32.2. The lowest BCUT2D eigenvalue weighted by Crippen LogP contribution is -2.15. The van der Waals surface area contributed by atoms with Gasteiger partial charge in [-0.25, -0.2) is 12.8 Å². The molecule has 3 rings (SSSR count). The molecule has 1 amide bonds. The third-order valence-electron chi connectivity index (χ3n) is 4.19. The van der Waals surface area contributed by atoms with E-state index >= 15 is 0 Å². The first-order valence-corrected chi connectivity index (χ1v) is 10.1. The van der Waals surface area contributed by atoms with Crippen LogP contribution in [0.2, 0.25) is 0 Å². The Hall–Kier alpha value is -3.39. The summed E-state index contributed by atoms with van der Waals surface area (Å²) in [4.78, 5) is 12.3. The molecule has 0 unspecified atom stereocenters. The van der Waals surface area contributed by atoms with Gasteiger partial charge in [0.05, 0.1) is 17.7 Å². The van der Waals surface area contributed by atoms with E-state index in [9.17, 15) is 17.6 Å². The fraction of sp³-hybridized carbons (Fsp3) is 0.0952. The van der Waals surface area contributed by atoms with E-state index < -0.39 is 21.7 Å². The maximum Gasteiger partial charge on any atom is 0.262 e. The van der Waals surface area contributed by atoms with Crippen molar-refractivity contribution in [3.8, 4) is 5.75 Å². The molecule has 2 N–H and O–H groups in total. The van der Waals surface area contributed by atoms with Gasteiger partial charge in [0.15, 0.2) is 0 Å². The van der Waals surface area contributed by atoms with Crippen molar-refractivity contribution in [3.63, 3.8) is 0 Å². The molecule has 0 aliphatic heterocycles. The molecular weight excluding hydrogens is 395 g/mol. The fourth-order valence-electron chi connectivity index (χ4n) is 2.61. The number of amides is 1. The first-order valence-electron chi connectivity index (χ1n) is 8.63. The number of sulfonamides is 1. The van der Waals surface area contributed by atoms with Crippen molar-refractivity contribution in [1.82, 2.24) is 0 Å². The quantitative estimate of drug-likeness (QED) is 0.633. The molecule has 0 aliphatic rings. The lowest BCUT2D eigenvalue weighted by molar-refractivity contribution is 0.102. The highest BCUT2D eigenvalue weighted by molar-refractivity contribution is 7.92. The van der Waals surface area contributed by atoms with Crippen LogP contribution in [0.4, 0.5) is 15.8 Å². The van der Waals surface area contributed by atoms with Crippen LogP contribution >= 0.6 is 0 Å². The zero-order chi connectivity index (χ0) is 21.0. The van der Waals surface area contributed by atoms with Crippen molar-refractivity contribution in [3.05, 3.63) is 83.7 Å². The number of nitrogens with one attached hydrogen (secondary N) is 2. The van der Waals surface area contributed by atoms with E-state index in [4.69, 9.17) is 4.74 Å². The van der Waals surface area contributed by atoms with E-state index in [1.165, 1.54) is 37.4 Å². The van der Waals surface area contributed by atoms with E-state index in [0.29, 0.717) is 17.0 Å². The molecule has 0 spiro atoms. The first-order chi connectivity index (χ1) is 13.8. The van der Waals surface area contributed by atoms with Gasteiger partial charge in [-0.15, -0.1) is 0 Å². The molecule has 8 heteroatoms. The largest absolute Gasteiger partial charge is 0.495 e. The molecule has 0 saturated heterocycles. The van der Waals surface area contributed by atoms with E-state index in [-0.39, 0.29) is 16.1 Å². The van der Waals surface area contributed by atoms with Gasteiger partial charge >= 0.3 is 0 Å². The molecule has 0 saturated carbocycles. The van der Waals surface area contributed by atoms with Crippen LogP contribution in [0.5, 0.6) is 5.75 Å². The number of anilines is 2. The lowest BCUT2D eigenvalue weighted by atomic mass is 10.1. The van der Waals surface area contributed by atoms with Gasteiger partial charge in [-0.3, -0.25) is 9.52 Å². The van der Waals surface area contributed by atoms with Crippen LogP contribution in [0.15, 0.2) is 71.6 Å². The summed E-state index contributed by atoms with van der Waals surface area (Å²) >= 11 is 0. The molecule has 150 valence electrons. The number of carbonyl (C=O) groups excluding carboxylic acids is 1. The van der Waals surface area contributed by atoms with Crippen molar-refractivity contribution in [1.29, 1.82) is 0 Å². The summed E-state index contributed by atoms with van der Waals surface area (Å²) in [5, 5.41) is 2.58. The van der Waals surface area contributed by atoms with E-state index in [2.05, 4.69) is 10.0 Å². The van der Waals surface area contributed by atoms with Crippen LogP contribution in [0.1, 0.15) is 15.9 Å². The molecule has 3 aromatic carbocycles. The van der Waals surface area contributed by atoms with Crippen molar-refractivity contribution in [2.75, 3.05) is 17.1 Å². The number of halogens is 1. The lowest BCUT2D eigenvalue weighted by Gasteiger charge is -2.12. The topological polar surface area (TPSA) is 84.5 Å². The summed E-state index contributed by atoms with van der Waals surface area (Å²) in [6.45, 7) is 1.60. The Labute approximate surface area is 168 Å². The Balaban J connectivity index is 1.83. The zero-order valence-corrected chi connectivity index (χ0v) is 16.6. The second-order valence-corrected chi connectivity index (χ2v) is 7.93. The molecule has 0 atom stereocenters. The van der Waals surface area contributed by atoms with Crippen LogP contribution < -0.4 is 14.8 Å². The Kier molecular flexibility index (Phi) is 5.84. The van der Waals surface area contributed by atoms with Gasteiger partial charge in [0.1, 0.15) is 11.6 Å². The molecule has 6 nitrogen and oxygen atoms in total. The summed E-state index contributed by atoms with van der Waals surface area (Å²) in [5.74, 6) is -0.659. The average molecular weight is 414 g/mol. The molecule has 0 fully saturated rings. The normalized spacial score (nSPS) is 11.0. The number of carbonyl (C=O) groups is 1. The average Bonchev–Trinajstić information content (AvgIpc) is 2.70. The highest BCUT2D eigenvalue weighted by Gasteiger charge is 2.17. The predicted molar refractivity (Wildman–Crippen MR) is 109 cm³/mol. The Morgan fingerprint density at radius 2 is 1.76 bits per heavy atom. The standard InChI is InChI=1S/C21H19FN2O4S/c1-14-10-11-15(12-18(14)22)21(25)23-16-6-5-7-17(13-16)29(26,27)24-19-8-3-4-9-20(19)28-2/h3-13,24H,1-2H3,(H,23,25). The third-order valence-corrected chi connectivity index (χ3v) is 5.55. The summed E-state index contributed by atoms with van der Waals surface area (Å²) in [6, 6.07) is 16.5.